The first-order chi connectivity index (χ1) is 7.16. The average Bonchev–Trinajstić information content (AvgIpc) is 2.65. The second-order valence-corrected chi connectivity index (χ2v) is 4.70. The molecule has 2 aromatic rings. The SMILES string of the molecule is O=[N+]([O-])c1ccc(-c2nsc(Br)n2)cc1. The molecule has 1 heterocycles. The zero-order valence-electron chi connectivity index (χ0n) is 7.25. The van der Waals surface area contributed by atoms with E-state index in [1.807, 2.05) is 0 Å². The lowest BCUT2D eigenvalue weighted by Crippen LogP contribution is -1.87. The minimum Gasteiger partial charge on any atom is -0.258 e. The summed E-state index contributed by atoms with van der Waals surface area (Å²) in [5.41, 5.74) is 0.829. The topological polar surface area (TPSA) is 68.9 Å². The van der Waals surface area contributed by atoms with Gasteiger partial charge in [0, 0.05) is 17.7 Å². The normalized spacial score (nSPS) is 10.2. The summed E-state index contributed by atoms with van der Waals surface area (Å²) in [6, 6.07) is 6.13. The van der Waals surface area contributed by atoms with E-state index < -0.39 is 4.92 Å². The van der Waals surface area contributed by atoms with Gasteiger partial charge in [-0.2, -0.15) is 4.37 Å². The van der Waals surface area contributed by atoms with E-state index in [2.05, 4.69) is 25.3 Å². The van der Waals surface area contributed by atoms with Gasteiger partial charge in [0.1, 0.15) is 0 Å². The zero-order valence-corrected chi connectivity index (χ0v) is 9.66. The lowest BCUT2D eigenvalue weighted by Gasteiger charge is -1.94. The van der Waals surface area contributed by atoms with Crippen LogP contribution in [0.25, 0.3) is 11.4 Å². The van der Waals surface area contributed by atoms with Crippen LogP contribution in [0.3, 0.4) is 0 Å². The third-order valence-electron chi connectivity index (χ3n) is 1.74. The van der Waals surface area contributed by atoms with Gasteiger partial charge in [-0.25, -0.2) is 4.98 Å². The Kier molecular flexibility index (Phi) is 2.74. The fourth-order valence-electron chi connectivity index (χ4n) is 1.05. The number of hydrogen-bond acceptors (Lipinski definition) is 5. The van der Waals surface area contributed by atoms with Crippen molar-refractivity contribution in [3.63, 3.8) is 0 Å². The molecule has 0 amide bonds. The Labute approximate surface area is 97.2 Å². The predicted octanol–water partition coefficient (Wildman–Crippen LogP) is 2.88. The summed E-state index contributed by atoms with van der Waals surface area (Å²) >= 11 is 4.44. The van der Waals surface area contributed by atoms with Gasteiger partial charge in [-0.3, -0.25) is 10.1 Å². The lowest BCUT2D eigenvalue weighted by molar-refractivity contribution is -0.384. The van der Waals surface area contributed by atoms with Gasteiger partial charge in [-0.1, -0.05) is 0 Å². The molecule has 76 valence electrons. The van der Waals surface area contributed by atoms with E-state index in [1.165, 1.54) is 23.7 Å². The summed E-state index contributed by atoms with van der Waals surface area (Å²) in [5.74, 6) is 0.571. The Morgan fingerprint density at radius 1 is 1.33 bits per heavy atom. The van der Waals surface area contributed by atoms with E-state index in [4.69, 9.17) is 0 Å². The molecule has 0 unspecified atom stereocenters. The molecule has 0 saturated carbocycles. The smallest absolute Gasteiger partial charge is 0.258 e. The second-order valence-electron chi connectivity index (χ2n) is 2.67. The molecule has 1 aromatic carbocycles. The molecule has 0 fully saturated rings. The quantitative estimate of drug-likeness (QED) is 0.628. The zero-order chi connectivity index (χ0) is 10.8. The molecule has 0 spiro atoms. The first kappa shape index (κ1) is 10.2. The van der Waals surface area contributed by atoms with Crippen molar-refractivity contribution in [2.24, 2.45) is 0 Å². The molecule has 2 rings (SSSR count). The van der Waals surface area contributed by atoms with Crippen LogP contribution in [-0.4, -0.2) is 14.3 Å². The van der Waals surface area contributed by atoms with Crippen LogP contribution in [0, 0.1) is 10.1 Å². The van der Waals surface area contributed by atoms with E-state index >= 15 is 0 Å². The maximum atomic E-state index is 10.4. The minimum atomic E-state index is -0.436. The van der Waals surface area contributed by atoms with Crippen molar-refractivity contribution in [3.8, 4) is 11.4 Å². The fourth-order valence-corrected chi connectivity index (χ4v) is 1.87. The molecule has 1 aromatic heterocycles. The van der Waals surface area contributed by atoms with Gasteiger partial charge in [0.2, 0.25) is 0 Å². The van der Waals surface area contributed by atoms with E-state index in [-0.39, 0.29) is 5.69 Å². The molecule has 0 atom stereocenters. The number of non-ortho nitro benzene ring substituents is 1. The number of hydrogen-bond donors (Lipinski definition) is 0. The molecule has 0 aliphatic carbocycles. The predicted molar refractivity (Wildman–Crippen MR) is 59.7 cm³/mol. The Hall–Kier alpha value is -1.34. The summed E-state index contributed by atoms with van der Waals surface area (Å²) in [5, 5.41) is 10.4. The molecule has 5 nitrogen and oxygen atoms in total. The number of halogens is 1. The van der Waals surface area contributed by atoms with Crippen molar-refractivity contribution in [1.29, 1.82) is 0 Å². The van der Waals surface area contributed by atoms with Crippen LogP contribution in [0.2, 0.25) is 0 Å². The fraction of sp³-hybridized carbons (Fsp3) is 0. The highest BCUT2D eigenvalue weighted by atomic mass is 79.9. The molecule has 0 bridgehead atoms. The van der Waals surface area contributed by atoms with Crippen LogP contribution in [0.15, 0.2) is 28.2 Å². The largest absolute Gasteiger partial charge is 0.269 e. The van der Waals surface area contributed by atoms with Gasteiger partial charge in [0.25, 0.3) is 5.69 Å². The van der Waals surface area contributed by atoms with Crippen molar-refractivity contribution in [3.05, 3.63) is 38.3 Å². The Balaban J connectivity index is 2.35. The Morgan fingerprint density at radius 3 is 2.47 bits per heavy atom. The van der Waals surface area contributed by atoms with E-state index in [0.29, 0.717) is 9.74 Å². The molecule has 15 heavy (non-hydrogen) atoms. The molecule has 7 heteroatoms. The highest BCUT2D eigenvalue weighted by Gasteiger charge is 2.08. The van der Waals surface area contributed by atoms with E-state index in [9.17, 15) is 10.1 Å². The highest BCUT2D eigenvalue weighted by Crippen LogP contribution is 2.23. The first-order valence-electron chi connectivity index (χ1n) is 3.91. The third-order valence-corrected chi connectivity index (χ3v) is 2.86. The molecular weight excluding hydrogens is 282 g/mol. The molecular formula is C8H4BrN3O2S. The molecule has 0 aliphatic heterocycles. The number of nitro groups is 1. The van der Waals surface area contributed by atoms with Gasteiger partial charge >= 0.3 is 0 Å². The molecule has 0 aliphatic rings. The van der Waals surface area contributed by atoms with Gasteiger partial charge < -0.3 is 0 Å². The van der Waals surface area contributed by atoms with Crippen molar-refractivity contribution in [2.75, 3.05) is 0 Å². The summed E-state index contributed by atoms with van der Waals surface area (Å²) in [6.07, 6.45) is 0. The van der Waals surface area contributed by atoms with Crippen LogP contribution >= 0.6 is 27.5 Å². The van der Waals surface area contributed by atoms with Gasteiger partial charge in [-0.05, 0) is 39.6 Å². The maximum absolute atomic E-state index is 10.4. The lowest BCUT2D eigenvalue weighted by atomic mass is 10.2. The van der Waals surface area contributed by atoms with Crippen molar-refractivity contribution >= 4 is 33.1 Å². The first-order valence-corrected chi connectivity index (χ1v) is 5.47. The van der Waals surface area contributed by atoms with Gasteiger partial charge in [-0.15, -0.1) is 0 Å². The summed E-state index contributed by atoms with van der Waals surface area (Å²) in [7, 11) is 0. The van der Waals surface area contributed by atoms with E-state index in [0.717, 1.165) is 5.56 Å². The molecule has 0 radical (unpaired) electrons. The summed E-state index contributed by atoms with van der Waals surface area (Å²) < 4.78 is 4.76. The Morgan fingerprint density at radius 2 is 2.00 bits per heavy atom. The number of benzene rings is 1. The monoisotopic (exact) mass is 285 g/mol. The van der Waals surface area contributed by atoms with Gasteiger partial charge in [0.15, 0.2) is 9.74 Å². The molecule has 0 N–H and O–H groups in total. The van der Waals surface area contributed by atoms with E-state index in [1.54, 1.807) is 12.1 Å². The Bertz CT molecular complexity index is 497. The molecule has 0 saturated heterocycles. The number of rotatable bonds is 2. The summed E-state index contributed by atoms with van der Waals surface area (Å²) in [4.78, 5) is 14.1. The van der Waals surface area contributed by atoms with Crippen LogP contribution in [0.1, 0.15) is 0 Å². The second kappa shape index (κ2) is 4.03. The van der Waals surface area contributed by atoms with Crippen molar-refractivity contribution in [1.82, 2.24) is 9.36 Å². The highest BCUT2D eigenvalue weighted by molar-refractivity contribution is 9.11. The maximum Gasteiger partial charge on any atom is 0.269 e. The third kappa shape index (κ3) is 2.18. The van der Waals surface area contributed by atoms with Crippen LogP contribution < -0.4 is 0 Å². The van der Waals surface area contributed by atoms with Crippen LogP contribution in [0.5, 0.6) is 0 Å². The minimum absolute atomic E-state index is 0.0630. The van der Waals surface area contributed by atoms with Crippen LogP contribution in [-0.2, 0) is 0 Å². The number of aromatic nitrogens is 2. The van der Waals surface area contributed by atoms with Crippen molar-refractivity contribution < 1.29 is 4.92 Å². The number of nitrogens with zero attached hydrogens (tertiary/aromatic N) is 3. The van der Waals surface area contributed by atoms with Crippen LogP contribution in [0.4, 0.5) is 5.69 Å². The average molecular weight is 286 g/mol. The van der Waals surface area contributed by atoms with Gasteiger partial charge in [0.05, 0.1) is 4.92 Å². The number of nitro benzene ring substituents is 1. The standard InChI is InChI=1S/C8H4BrN3O2S/c9-8-10-7(11-15-8)5-1-3-6(4-2-5)12(13)14/h1-4H. The summed E-state index contributed by atoms with van der Waals surface area (Å²) in [6.45, 7) is 0. The van der Waals surface area contributed by atoms with Crippen molar-refractivity contribution in [2.45, 2.75) is 0 Å².